The van der Waals surface area contributed by atoms with Crippen LogP contribution in [0.3, 0.4) is 0 Å². The molecule has 0 fully saturated rings. The van der Waals surface area contributed by atoms with Crippen LogP contribution in [0.15, 0.2) is 72.9 Å². The van der Waals surface area contributed by atoms with Gasteiger partial charge in [-0.3, -0.25) is 9.59 Å². The van der Waals surface area contributed by atoms with Crippen molar-refractivity contribution in [2.75, 3.05) is 6.61 Å². The number of ether oxygens (including phenoxy) is 1. The minimum absolute atomic E-state index is 0.0337. The molecule has 0 heterocycles. The van der Waals surface area contributed by atoms with Gasteiger partial charge in [0.1, 0.15) is 6.10 Å². The molecule has 0 aliphatic rings. The molecule has 6 nitrogen and oxygen atoms in total. The maximum atomic E-state index is 13.1. The highest BCUT2D eigenvalue weighted by atomic mass is 16.5. The minimum atomic E-state index is -0.803. The predicted octanol–water partition coefficient (Wildman–Crippen LogP) is 12.7. The number of allylic oxidation sites excluding steroid dienone is 12. The molecule has 0 aliphatic carbocycles. The molecule has 0 spiro atoms. The first-order valence-corrected chi connectivity index (χ1v) is 22.2. The number of amides is 1. The fourth-order valence-electron chi connectivity index (χ4n) is 6.18. The number of hydrogen-bond acceptors (Lipinski definition) is 5. The molecule has 0 aromatic heterocycles. The molecule has 54 heavy (non-hydrogen) atoms. The molecule has 0 saturated carbocycles. The standard InChI is InChI=1S/C48H83NO5/c1-4-7-10-13-16-19-21-22-23-24-25-26-29-32-35-38-41-48(53)54-44(39-36-33-30-28-20-17-14-11-8-5-2)42-47(52)49-45(43-50)46(51)40-37-34-31-27-18-15-12-9-6-3/h7,10,16-17,19-20,22-23,25-26,32,35,44-46,50-51H,4-6,8-9,11-15,18,21,24,27-31,33-34,36-43H2,1-3H3,(H,49,52)/b10-7+,19-16+,20-17-,23-22+,26-25+,35-32+. The predicted molar refractivity (Wildman–Crippen MR) is 231 cm³/mol. The lowest BCUT2D eigenvalue weighted by Crippen LogP contribution is -2.46. The van der Waals surface area contributed by atoms with Crippen molar-refractivity contribution in [2.45, 2.75) is 212 Å². The number of rotatable bonds is 38. The van der Waals surface area contributed by atoms with E-state index in [1.807, 2.05) is 6.08 Å². The Morgan fingerprint density at radius 3 is 1.56 bits per heavy atom. The average Bonchev–Trinajstić information content (AvgIpc) is 3.16. The lowest BCUT2D eigenvalue weighted by atomic mass is 10.0. The Morgan fingerprint density at radius 1 is 0.556 bits per heavy atom. The summed E-state index contributed by atoms with van der Waals surface area (Å²) in [5.41, 5.74) is 0. The first kappa shape index (κ1) is 51.3. The quantitative estimate of drug-likeness (QED) is 0.0331. The van der Waals surface area contributed by atoms with E-state index in [-0.39, 0.29) is 31.3 Å². The molecule has 6 heteroatoms. The second-order valence-electron chi connectivity index (χ2n) is 14.7. The number of aliphatic hydroxyl groups is 2. The zero-order valence-electron chi connectivity index (χ0n) is 35.1. The molecule has 3 unspecified atom stereocenters. The number of carbonyl (C=O) groups is 2. The third-order valence-electron chi connectivity index (χ3n) is 9.53. The average molecular weight is 754 g/mol. The largest absolute Gasteiger partial charge is 0.462 e. The monoisotopic (exact) mass is 754 g/mol. The van der Waals surface area contributed by atoms with Crippen LogP contribution in [0.2, 0.25) is 0 Å². The Morgan fingerprint density at radius 2 is 1.00 bits per heavy atom. The smallest absolute Gasteiger partial charge is 0.306 e. The number of unbranched alkanes of at least 4 members (excludes halogenated alkanes) is 14. The molecule has 310 valence electrons. The maximum Gasteiger partial charge on any atom is 0.306 e. The molecule has 3 N–H and O–H groups in total. The summed E-state index contributed by atoms with van der Waals surface area (Å²) >= 11 is 0. The van der Waals surface area contributed by atoms with E-state index in [2.05, 4.69) is 92.9 Å². The van der Waals surface area contributed by atoms with Crippen molar-refractivity contribution in [2.24, 2.45) is 0 Å². The van der Waals surface area contributed by atoms with Crippen molar-refractivity contribution >= 4 is 11.9 Å². The van der Waals surface area contributed by atoms with Crippen molar-refractivity contribution in [3.63, 3.8) is 0 Å². The van der Waals surface area contributed by atoms with E-state index in [0.717, 1.165) is 83.5 Å². The van der Waals surface area contributed by atoms with E-state index < -0.39 is 18.2 Å². The van der Waals surface area contributed by atoms with E-state index in [0.29, 0.717) is 19.3 Å². The second kappa shape index (κ2) is 41.5. The highest BCUT2D eigenvalue weighted by Crippen LogP contribution is 2.16. The van der Waals surface area contributed by atoms with Gasteiger partial charge in [0.05, 0.1) is 25.2 Å². The molecule has 0 radical (unpaired) electrons. The summed E-state index contributed by atoms with van der Waals surface area (Å²) < 4.78 is 5.83. The molecular weight excluding hydrogens is 671 g/mol. The minimum Gasteiger partial charge on any atom is -0.462 e. The summed E-state index contributed by atoms with van der Waals surface area (Å²) in [6.45, 7) is 6.27. The van der Waals surface area contributed by atoms with Crippen molar-refractivity contribution in [3.05, 3.63) is 72.9 Å². The molecule has 0 rings (SSSR count). The van der Waals surface area contributed by atoms with Gasteiger partial charge in [-0.15, -0.1) is 0 Å². The summed E-state index contributed by atoms with van der Waals surface area (Å²) in [5, 5.41) is 23.5. The summed E-state index contributed by atoms with van der Waals surface area (Å²) in [4.78, 5) is 25.9. The Labute approximate surface area is 332 Å². The SMILES string of the molecule is CC/C=C/C/C=C/C/C=C/C/C=C/C/C=C/CCC(=O)OC(CCCCC/C=C\CCCCC)CC(=O)NC(CO)C(O)CCCCCCCCCCC. The van der Waals surface area contributed by atoms with Crippen molar-refractivity contribution in [1.82, 2.24) is 5.32 Å². The van der Waals surface area contributed by atoms with Gasteiger partial charge in [0.25, 0.3) is 0 Å². The maximum absolute atomic E-state index is 13.1. The Bertz CT molecular complexity index is 1030. The molecule has 3 atom stereocenters. The van der Waals surface area contributed by atoms with Gasteiger partial charge >= 0.3 is 5.97 Å². The van der Waals surface area contributed by atoms with E-state index in [1.165, 1.54) is 57.8 Å². The molecule has 0 aliphatic heterocycles. The fourth-order valence-corrected chi connectivity index (χ4v) is 6.18. The Balaban J connectivity index is 4.72. The van der Waals surface area contributed by atoms with Gasteiger partial charge in [0.15, 0.2) is 0 Å². The molecule has 1 amide bonds. The van der Waals surface area contributed by atoms with Gasteiger partial charge in [0.2, 0.25) is 5.91 Å². The van der Waals surface area contributed by atoms with Crippen molar-refractivity contribution in [3.8, 4) is 0 Å². The molecule has 0 aromatic rings. The lowest BCUT2D eigenvalue weighted by molar-refractivity contribution is -0.150. The normalized spacial score (nSPS) is 14.1. The zero-order valence-corrected chi connectivity index (χ0v) is 35.1. The van der Waals surface area contributed by atoms with Gasteiger partial charge in [-0.1, -0.05) is 171 Å². The summed E-state index contributed by atoms with van der Waals surface area (Å²) in [5.74, 6) is -0.599. The van der Waals surface area contributed by atoms with E-state index in [4.69, 9.17) is 4.74 Å². The lowest BCUT2D eigenvalue weighted by Gasteiger charge is -2.24. The Hall–Kier alpha value is -2.70. The number of hydrogen-bond donors (Lipinski definition) is 3. The number of nitrogens with one attached hydrogen (secondary N) is 1. The third-order valence-corrected chi connectivity index (χ3v) is 9.53. The van der Waals surface area contributed by atoms with Crippen LogP contribution >= 0.6 is 0 Å². The molecule has 0 bridgehead atoms. The number of esters is 1. The number of carbonyl (C=O) groups excluding carboxylic acids is 2. The number of aliphatic hydroxyl groups excluding tert-OH is 2. The van der Waals surface area contributed by atoms with Crippen LogP contribution in [0.25, 0.3) is 0 Å². The van der Waals surface area contributed by atoms with Crippen LogP contribution in [-0.4, -0.2) is 46.9 Å². The molecule has 0 saturated heterocycles. The van der Waals surface area contributed by atoms with Gasteiger partial charge in [-0.05, 0) is 83.5 Å². The topological polar surface area (TPSA) is 95.9 Å². The van der Waals surface area contributed by atoms with Crippen molar-refractivity contribution in [1.29, 1.82) is 0 Å². The van der Waals surface area contributed by atoms with E-state index in [1.54, 1.807) is 0 Å². The van der Waals surface area contributed by atoms with Crippen LogP contribution < -0.4 is 5.32 Å². The highest BCUT2D eigenvalue weighted by Gasteiger charge is 2.23. The van der Waals surface area contributed by atoms with Crippen LogP contribution in [0.5, 0.6) is 0 Å². The van der Waals surface area contributed by atoms with E-state index in [9.17, 15) is 19.8 Å². The summed E-state index contributed by atoms with van der Waals surface area (Å²) in [6.07, 6.45) is 51.2. The van der Waals surface area contributed by atoms with E-state index >= 15 is 0 Å². The van der Waals surface area contributed by atoms with Crippen LogP contribution in [-0.2, 0) is 14.3 Å². The van der Waals surface area contributed by atoms with Gasteiger partial charge in [-0.25, -0.2) is 0 Å². The summed E-state index contributed by atoms with van der Waals surface area (Å²) in [7, 11) is 0. The van der Waals surface area contributed by atoms with Gasteiger partial charge in [0, 0.05) is 6.42 Å². The van der Waals surface area contributed by atoms with Gasteiger partial charge < -0.3 is 20.3 Å². The summed E-state index contributed by atoms with van der Waals surface area (Å²) in [6, 6.07) is -0.720. The first-order valence-electron chi connectivity index (χ1n) is 22.2. The van der Waals surface area contributed by atoms with Crippen LogP contribution in [0.1, 0.15) is 194 Å². The van der Waals surface area contributed by atoms with Crippen molar-refractivity contribution < 1.29 is 24.5 Å². The van der Waals surface area contributed by atoms with Gasteiger partial charge in [-0.2, -0.15) is 0 Å². The fraction of sp³-hybridized carbons (Fsp3) is 0.708. The van der Waals surface area contributed by atoms with Crippen LogP contribution in [0, 0.1) is 0 Å². The second-order valence-corrected chi connectivity index (χ2v) is 14.7. The highest BCUT2D eigenvalue weighted by molar-refractivity contribution is 5.77. The third kappa shape index (κ3) is 36.3. The van der Waals surface area contributed by atoms with Crippen LogP contribution in [0.4, 0.5) is 0 Å². The first-order chi connectivity index (χ1) is 26.5. The molecule has 0 aromatic carbocycles. The molecular formula is C48H83NO5. The Kier molecular flexibility index (Phi) is 39.4. The zero-order chi connectivity index (χ0) is 39.6.